The normalized spacial score (nSPS) is 19.0. The van der Waals surface area contributed by atoms with Crippen molar-refractivity contribution in [2.24, 2.45) is 0 Å². The molecule has 0 radical (unpaired) electrons. The van der Waals surface area contributed by atoms with Crippen LogP contribution in [0.1, 0.15) is 18.9 Å². The molecule has 0 amide bonds. The summed E-state index contributed by atoms with van der Waals surface area (Å²) in [5, 5.41) is 17.7. The lowest BCUT2D eigenvalue weighted by molar-refractivity contribution is 0.0612. The van der Waals surface area contributed by atoms with Gasteiger partial charge in [-0.2, -0.15) is 4.98 Å². The van der Waals surface area contributed by atoms with Crippen molar-refractivity contribution < 1.29 is 9.50 Å². The van der Waals surface area contributed by atoms with E-state index < -0.39 is 12.3 Å². The van der Waals surface area contributed by atoms with Crippen LogP contribution in [0.25, 0.3) is 16.3 Å². The number of nitrogens with zero attached hydrogens (tertiary/aromatic N) is 5. The lowest BCUT2D eigenvalue weighted by Crippen LogP contribution is -2.45. The Morgan fingerprint density at radius 2 is 2.07 bits per heavy atom. The second kappa shape index (κ2) is 8.19. The van der Waals surface area contributed by atoms with Crippen LogP contribution in [-0.2, 0) is 0 Å². The highest BCUT2D eigenvalue weighted by molar-refractivity contribution is 5.99. The highest BCUT2D eigenvalue weighted by Crippen LogP contribution is 2.30. The molecule has 156 valence electrons. The molecule has 0 saturated carbocycles. The van der Waals surface area contributed by atoms with Crippen LogP contribution in [0.15, 0.2) is 37.3 Å². The molecule has 9 heteroatoms. The third-order valence-electron chi connectivity index (χ3n) is 5.16. The Morgan fingerprint density at radius 1 is 1.23 bits per heavy atom. The number of nitrogens with one attached hydrogen (secondary N) is 2. The Morgan fingerprint density at radius 3 is 2.80 bits per heavy atom. The summed E-state index contributed by atoms with van der Waals surface area (Å²) in [5.41, 5.74) is 1.85. The Bertz CT molecular complexity index is 1090. The molecule has 3 aromatic heterocycles. The highest BCUT2D eigenvalue weighted by atomic mass is 19.1. The molecule has 3 N–H and O–H groups in total. The van der Waals surface area contributed by atoms with Gasteiger partial charge in [-0.15, -0.1) is 0 Å². The fourth-order valence-corrected chi connectivity index (χ4v) is 3.52. The summed E-state index contributed by atoms with van der Waals surface area (Å²) in [4.78, 5) is 19.4. The van der Waals surface area contributed by atoms with E-state index in [1.807, 2.05) is 20.0 Å². The van der Waals surface area contributed by atoms with E-state index in [9.17, 15) is 9.50 Å². The number of rotatable bonds is 5. The van der Waals surface area contributed by atoms with Crippen molar-refractivity contribution >= 4 is 39.7 Å². The number of anilines is 4. The molecule has 8 nitrogen and oxygen atoms in total. The second-order valence-electron chi connectivity index (χ2n) is 7.35. The lowest BCUT2D eigenvalue weighted by Gasteiger charge is -2.32. The zero-order valence-corrected chi connectivity index (χ0v) is 16.9. The summed E-state index contributed by atoms with van der Waals surface area (Å²) in [6, 6.07) is 3.66. The number of halogens is 1. The van der Waals surface area contributed by atoms with Crippen molar-refractivity contribution in [2.45, 2.75) is 25.6 Å². The predicted octanol–water partition coefficient (Wildman–Crippen LogP) is 3.15. The van der Waals surface area contributed by atoms with Gasteiger partial charge in [0.05, 0.1) is 12.6 Å². The number of piperidine rings is 1. The van der Waals surface area contributed by atoms with Gasteiger partial charge in [-0.05, 0) is 36.4 Å². The molecule has 1 aliphatic heterocycles. The predicted molar refractivity (Wildman–Crippen MR) is 117 cm³/mol. The van der Waals surface area contributed by atoms with Gasteiger partial charge in [0, 0.05) is 43.1 Å². The number of fused-ring (bicyclic) bond motifs is 1. The van der Waals surface area contributed by atoms with Crippen molar-refractivity contribution in [1.82, 2.24) is 19.9 Å². The maximum absolute atomic E-state index is 13.9. The first-order valence-electron chi connectivity index (χ1n) is 9.76. The Kier molecular flexibility index (Phi) is 5.45. The fourth-order valence-electron chi connectivity index (χ4n) is 3.52. The third kappa shape index (κ3) is 3.88. The van der Waals surface area contributed by atoms with Gasteiger partial charge in [-0.25, -0.2) is 19.3 Å². The molecule has 3 aromatic rings. The minimum Gasteiger partial charge on any atom is -0.390 e. The van der Waals surface area contributed by atoms with Crippen LogP contribution in [0.5, 0.6) is 0 Å². The molecule has 30 heavy (non-hydrogen) atoms. The molecule has 0 spiro atoms. The first-order chi connectivity index (χ1) is 14.5. The first-order valence-corrected chi connectivity index (χ1v) is 9.76. The second-order valence-corrected chi connectivity index (χ2v) is 7.35. The largest absolute Gasteiger partial charge is 0.390 e. The van der Waals surface area contributed by atoms with E-state index in [4.69, 9.17) is 0 Å². The average molecular weight is 409 g/mol. The quantitative estimate of drug-likeness (QED) is 0.591. The molecule has 1 unspecified atom stereocenters. The topological polar surface area (TPSA) is 99.1 Å². The number of pyridine rings is 2. The van der Waals surface area contributed by atoms with Crippen molar-refractivity contribution in [3.05, 3.63) is 42.9 Å². The summed E-state index contributed by atoms with van der Waals surface area (Å²) in [6.45, 7) is 6.55. The fraction of sp³-hybridized carbons (Fsp3) is 0.333. The molecule has 1 fully saturated rings. The zero-order valence-electron chi connectivity index (χ0n) is 16.9. The van der Waals surface area contributed by atoms with Gasteiger partial charge >= 0.3 is 0 Å². The molecule has 4 rings (SSSR count). The zero-order chi connectivity index (χ0) is 21.3. The molecule has 1 saturated heterocycles. The van der Waals surface area contributed by atoms with Crippen molar-refractivity contribution in [1.29, 1.82) is 0 Å². The van der Waals surface area contributed by atoms with Crippen LogP contribution < -0.4 is 15.5 Å². The number of hydrogen-bond acceptors (Lipinski definition) is 8. The van der Waals surface area contributed by atoms with E-state index in [2.05, 4.69) is 37.1 Å². The Balaban J connectivity index is 1.63. The van der Waals surface area contributed by atoms with Crippen LogP contribution in [0.4, 0.5) is 27.8 Å². The third-order valence-corrected chi connectivity index (χ3v) is 5.16. The molecular weight excluding hydrogens is 385 g/mol. The highest BCUT2D eigenvalue weighted by Gasteiger charge is 2.28. The number of alkyl halides is 1. The van der Waals surface area contributed by atoms with Crippen LogP contribution in [0.2, 0.25) is 0 Å². The van der Waals surface area contributed by atoms with Gasteiger partial charge in [0.1, 0.15) is 23.6 Å². The number of hydrogen-bond donors (Lipinski definition) is 3. The van der Waals surface area contributed by atoms with Crippen LogP contribution in [0.3, 0.4) is 0 Å². The van der Waals surface area contributed by atoms with E-state index in [1.165, 1.54) is 0 Å². The number of allylic oxidation sites excluding steroid dienone is 1. The standard InChI is InChI=1S/C21H24FN7O/c1-12(2)14-9-26-20(23-3)15-10-25-19(8-13(14)15)27-18-4-6-24-21(28-18)29-7-5-17(30)16(22)11-29/h4,6,8-10,16-17,30H,1,5,7,11H2,2-3H3,(H,23,26)(H,24,25,27,28)/t16-,17?/m1/s1. The van der Waals surface area contributed by atoms with Crippen molar-refractivity contribution in [3.63, 3.8) is 0 Å². The SMILES string of the molecule is C=C(C)c1cnc(NC)c2cnc(Nc3ccnc(N4CCC(O)[C@H](F)C4)n3)cc12. The Hall–Kier alpha value is -3.33. The van der Waals surface area contributed by atoms with Gasteiger partial charge in [0.25, 0.3) is 0 Å². The molecule has 0 aromatic carbocycles. The average Bonchev–Trinajstić information content (AvgIpc) is 2.74. The summed E-state index contributed by atoms with van der Waals surface area (Å²) in [6.07, 6.45) is 3.28. The first kappa shape index (κ1) is 20.0. The molecule has 1 aliphatic rings. The van der Waals surface area contributed by atoms with E-state index in [-0.39, 0.29) is 6.54 Å². The minimum absolute atomic E-state index is 0.0701. The molecular formula is C21H24FN7O. The monoisotopic (exact) mass is 409 g/mol. The maximum Gasteiger partial charge on any atom is 0.227 e. The molecule has 4 heterocycles. The van der Waals surface area contributed by atoms with E-state index in [0.29, 0.717) is 30.5 Å². The Labute approximate surface area is 173 Å². The van der Waals surface area contributed by atoms with E-state index >= 15 is 0 Å². The molecule has 0 aliphatic carbocycles. The smallest absolute Gasteiger partial charge is 0.227 e. The van der Waals surface area contributed by atoms with Crippen LogP contribution >= 0.6 is 0 Å². The maximum atomic E-state index is 13.9. The summed E-state index contributed by atoms with van der Waals surface area (Å²) in [7, 11) is 1.82. The minimum atomic E-state index is -1.31. The van der Waals surface area contributed by atoms with Gasteiger partial charge in [0.2, 0.25) is 5.95 Å². The number of aromatic nitrogens is 4. The van der Waals surface area contributed by atoms with Gasteiger partial charge in [0.15, 0.2) is 0 Å². The van der Waals surface area contributed by atoms with Crippen molar-refractivity contribution in [3.8, 4) is 0 Å². The summed E-state index contributed by atoms with van der Waals surface area (Å²) in [5.74, 6) is 2.32. The lowest BCUT2D eigenvalue weighted by atomic mass is 10.0. The molecule has 0 bridgehead atoms. The van der Waals surface area contributed by atoms with Gasteiger partial charge in [-0.1, -0.05) is 6.58 Å². The van der Waals surface area contributed by atoms with E-state index in [1.54, 1.807) is 29.6 Å². The van der Waals surface area contributed by atoms with E-state index in [0.717, 1.165) is 27.7 Å². The summed E-state index contributed by atoms with van der Waals surface area (Å²) >= 11 is 0. The van der Waals surface area contributed by atoms with Crippen LogP contribution in [-0.4, -0.2) is 57.5 Å². The van der Waals surface area contributed by atoms with Crippen molar-refractivity contribution in [2.75, 3.05) is 35.7 Å². The van der Waals surface area contributed by atoms with Gasteiger partial charge < -0.3 is 20.6 Å². The van der Waals surface area contributed by atoms with Crippen LogP contribution in [0, 0.1) is 0 Å². The molecule has 2 atom stereocenters. The number of aliphatic hydroxyl groups excluding tert-OH is 1. The van der Waals surface area contributed by atoms with Gasteiger partial charge in [-0.3, -0.25) is 0 Å². The number of aliphatic hydroxyl groups is 1. The summed E-state index contributed by atoms with van der Waals surface area (Å²) < 4.78 is 13.9.